The Morgan fingerprint density at radius 3 is 2.54 bits per heavy atom. The lowest BCUT2D eigenvalue weighted by atomic mass is 10.2. The summed E-state index contributed by atoms with van der Waals surface area (Å²) in [7, 11) is 3.07. The van der Waals surface area contributed by atoms with Crippen molar-refractivity contribution in [3.63, 3.8) is 0 Å². The van der Waals surface area contributed by atoms with E-state index in [-0.39, 0.29) is 0 Å². The zero-order chi connectivity index (χ0) is 17.7. The number of alkyl carbamates (subject to hydrolysis) is 1. The van der Waals surface area contributed by atoms with Gasteiger partial charge in [0.1, 0.15) is 12.3 Å². The van der Waals surface area contributed by atoms with E-state index in [2.05, 4.69) is 10.1 Å². The van der Waals surface area contributed by atoms with E-state index in [0.29, 0.717) is 11.6 Å². The predicted molar refractivity (Wildman–Crippen MR) is 89.8 cm³/mol. The predicted octanol–water partition coefficient (Wildman–Crippen LogP) is 1.89. The molecule has 1 unspecified atom stereocenters. The maximum atomic E-state index is 11.9. The van der Waals surface area contributed by atoms with Gasteiger partial charge in [0.15, 0.2) is 11.8 Å². The molecule has 0 fully saturated rings. The molecule has 1 aromatic carbocycles. The highest BCUT2D eigenvalue weighted by molar-refractivity contribution is 6.30. The number of hydrogen-bond donors (Lipinski definition) is 2. The molecule has 0 radical (unpaired) electrons. The number of imide groups is 1. The summed E-state index contributed by atoms with van der Waals surface area (Å²) >= 11 is 5.88. The van der Waals surface area contributed by atoms with Crippen molar-refractivity contribution in [3.05, 3.63) is 47.2 Å². The molecule has 0 aliphatic rings. The van der Waals surface area contributed by atoms with Crippen LogP contribution in [-0.4, -0.2) is 32.2 Å². The second-order valence-corrected chi connectivity index (χ2v) is 5.93. The van der Waals surface area contributed by atoms with Crippen LogP contribution >= 0.6 is 11.6 Å². The first kappa shape index (κ1) is 18.0. The van der Waals surface area contributed by atoms with Gasteiger partial charge in [0.2, 0.25) is 0 Å². The Balaban J connectivity index is 1.99. The highest BCUT2D eigenvalue weighted by Gasteiger charge is 2.24. The Bertz CT molecular complexity index is 712. The van der Waals surface area contributed by atoms with Gasteiger partial charge >= 0.3 is 6.09 Å². The number of hydrogen-bond acceptors (Lipinski definition) is 4. The lowest BCUT2D eigenvalue weighted by Gasteiger charge is -2.19. The lowest BCUT2D eigenvalue weighted by Crippen LogP contribution is -3.12. The summed E-state index contributed by atoms with van der Waals surface area (Å²) in [6.45, 7) is 2.24. The van der Waals surface area contributed by atoms with Crippen molar-refractivity contribution in [2.45, 2.75) is 19.5 Å². The molecule has 0 spiro atoms. The number of benzene rings is 1. The molecular formula is C17H20ClN2O4+. The van der Waals surface area contributed by atoms with Gasteiger partial charge in [0, 0.05) is 10.6 Å². The molecule has 0 saturated heterocycles. The van der Waals surface area contributed by atoms with E-state index < -0.39 is 18.0 Å². The second kappa shape index (κ2) is 7.99. The Morgan fingerprint density at radius 2 is 1.92 bits per heavy atom. The summed E-state index contributed by atoms with van der Waals surface area (Å²) in [6, 6.07) is 10.7. The van der Waals surface area contributed by atoms with E-state index in [1.54, 1.807) is 19.1 Å². The molecule has 0 aliphatic carbocycles. The van der Waals surface area contributed by atoms with Gasteiger partial charge in [0.25, 0.3) is 5.91 Å². The van der Waals surface area contributed by atoms with Crippen LogP contribution in [0.15, 0.2) is 40.8 Å². The fraction of sp³-hybridized carbons (Fsp3) is 0.294. The quantitative estimate of drug-likeness (QED) is 0.862. The van der Waals surface area contributed by atoms with Gasteiger partial charge in [-0.05, 0) is 43.3 Å². The second-order valence-electron chi connectivity index (χ2n) is 5.50. The van der Waals surface area contributed by atoms with Crippen molar-refractivity contribution < 1.29 is 23.6 Å². The van der Waals surface area contributed by atoms with E-state index in [0.717, 1.165) is 22.0 Å². The van der Waals surface area contributed by atoms with Crippen molar-refractivity contribution in [2.75, 3.05) is 14.2 Å². The monoisotopic (exact) mass is 351 g/mol. The minimum Gasteiger partial charge on any atom is -0.455 e. The zero-order valence-electron chi connectivity index (χ0n) is 13.8. The molecule has 7 heteroatoms. The number of likely N-dealkylation sites (N-methyl/N-ethyl adjacent to an activating group) is 1. The summed E-state index contributed by atoms with van der Waals surface area (Å²) in [5, 5.41) is 2.84. The third-order valence-corrected chi connectivity index (χ3v) is 4.04. The molecule has 0 bridgehead atoms. The summed E-state index contributed by atoms with van der Waals surface area (Å²) in [5.74, 6) is 1.08. The van der Waals surface area contributed by atoms with Crippen molar-refractivity contribution >= 4 is 23.6 Å². The highest BCUT2D eigenvalue weighted by Crippen LogP contribution is 2.23. The molecule has 1 heterocycles. The lowest BCUT2D eigenvalue weighted by molar-refractivity contribution is -0.909. The summed E-state index contributed by atoms with van der Waals surface area (Å²) in [6.07, 6.45) is -0.761. The molecule has 0 saturated carbocycles. The molecule has 6 nitrogen and oxygen atoms in total. The number of quaternary nitrogens is 1. The fourth-order valence-electron chi connectivity index (χ4n) is 2.15. The third-order valence-electron chi connectivity index (χ3n) is 3.79. The third kappa shape index (κ3) is 4.59. The maximum Gasteiger partial charge on any atom is 0.413 e. The number of carbonyl (C=O) groups is 2. The Kier molecular flexibility index (Phi) is 6.00. The first-order valence-corrected chi connectivity index (χ1v) is 7.84. The van der Waals surface area contributed by atoms with Crippen LogP contribution in [0.5, 0.6) is 0 Å². The first-order valence-electron chi connectivity index (χ1n) is 7.46. The van der Waals surface area contributed by atoms with Gasteiger partial charge in [-0.1, -0.05) is 11.6 Å². The minimum absolute atomic E-state index is 0.399. The molecule has 2 amide bonds. The van der Waals surface area contributed by atoms with Crippen LogP contribution < -0.4 is 10.2 Å². The average Bonchev–Trinajstić information content (AvgIpc) is 3.02. The number of rotatable bonds is 5. The maximum absolute atomic E-state index is 11.9. The Labute approximate surface area is 145 Å². The van der Waals surface area contributed by atoms with Gasteiger partial charge in [-0.15, -0.1) is 0 Å². The van der Waals surface area contributed by atoms with Crippen molar-refractivity contribution in [2.24, 2.45) is 0 Å². The van der Waals surface area contributed by atoms with E-state index in [4.69, 9.17) is 16.0 Å². The fourth-order valence-corrected chi connectivity index (χ4v) is 2.28. The van der Waals surface area contributed by atoms with Crippen molar-refractivity contribution in [3.8, 4) is 11.3 Å². The van der Waals surface area contributed by atoms with Crippen LogP contribution in [-0.2, 0) is 16.1 Å². The van der Waals surface area contributed by atoms with Crippen LogP contribution in [0, 0.1) is 0 Å². The van der Waals surface area contributed by atoms with Gasteiger partial charge in [-0.2, -0.15) is 0 Å². The standard InChI is InChI=1S/C17H19ClN2O4/c1-11(16(21)19-17(22)23-3)20(2)10-14-8-9-15(24-14)12-4-6-13(18)7-5-12/h4-9,11H,10H2,1-3H3,(H,19,21,22)/p+1/t11-/m1/s1. The number of carbonyl (C=O) groups excluding carboxylic acids is 2. The number of amides is 2. The van der Waals surface area contributed by atoms with Crippen LogP contribution in [0.2, 0.25) is 5.02 Å². The molecule has 2 aromatic rings. The summed E-state index contributed by atoms with van der Waals surface area (Å²) < 4.78 is 10.2. The molecule has 2 atom stereocenters. The Morgan fingerprint density at radius 1 is 1.25 bits per heavy atom. The molecule has 24 heavy (non-hydrogen) atoms. The van der Waals surface area contributed by atoms with E-state index in [9.17, 15) is 9.59 Å². The molecule has 1 aromatic heterocycles. The van der Waals surface area contributed by atoms with Crippen molar-refractivity contribution in [1.82, 2.24) is 5.32 Å². The van der Waals surface area contributed by atoms with Gasteiger partial charge in [-0.3, -0.25) is 10.1 Å². The summed E-state index contributed by atoms with van der Waals surface area (Å²) in [5.41, 5.74) is 0.930. The van der Waals surface area contributed by atoms with Crippen LogP contribution in [0.3, 0.4) is 0 Å². The number of methoxy groups -OCH3 is 1. The van der Waals surface area contributed by atoms with Gasteiger partial charge in [-0.25, -0.2) is 4.79 Å². The van der Waals surface area contributed by atoms with Crippen LogP contribution in [0.4, 0.5) is 4.79 Å². The van der Waals surface area contributed by atoms with E-state index >= 15 is 0 Å². The van der Waals surface area contributed by atoms with Gasteiger partial charge < -0.3 is 14.1 Å². The molecule has 2 rings (SSSR count). The average molecular weight is 352 g/mol. The first-order chi connectivity index (χ1) is 11.4. The van der Waals surface area contributed by atoms with Gasteiger partial charge in [0.05, 0.1) is 14.2 Å². The number of furan rings is 1. The van der Waals surface area contributed by atoms with Crippen molar-refractivity contribution in [1.29, 1.82) is 0 Å². The SMILES string of the molecule is COC(=O)NC(=O)[C@@H](C)[NH+](C)Cc1ccc(-c2ccc(Cl)cc2)o1. The molecule has 2 N–H and O–H groups in total. The zero-order valence-corrected chi connectivity index (χ0v) is 14.5. The van der Waals surface area contributed by atoms with E-state index in [1.165, 1.54) is 7.11 Å². The largest absolute Gasteiger partial charge is 0.455 e. The topological polar surface area (TPSA) is 73.0 Å². The number of halogens is 1. The van der Waals surface area contributed by atoms with E-state index in [1.807, 2.05) is 31.3 Å². The number of ether oxygens (including phenoxy) is 1. The van der Waals surface area contributed by atoms with Crippen LogP contribution in [0.25, 0.3) is 11.3 Å². The molecule has 128 valence electrons. The van der Waals surface area contributed by atoms with Crippen LogP contribution in [0.1, 0.15) is 12.7 Å². The minimum atomic E-state index is -0.761. The smallest absolute Gasteiger partial charge is 0.413 e. The summed E-state index contributed by atoms with van der Waals surface area (Å²) in [4.78, 5) is 23.9. The molecule has 0 aliphatic heterocycles. The normalized spacial score (nSPS) is 13.2. The Hall–Kier alpha value is -2.31. The highest BCUT2D eigenvalue weighted by atomic mass is 35.5. The number of nitrogens with one attached hydrogen (secondary N) is 2. The molecular weight excluding hydrogens is 332 g/mol.